The van der Waals surface area contributed by atoms with Crippen molar-refractivity contribution in [1.29, 1.82) is 0 Å². The smallest absolute Gasteiger partial charge is 0.265 e. The Bertz CT molecular complexity index is 822. The summed E-state index contributed by atoms with van der Waals surface area (Å²) in [6.45, 7) is 1.88. The van der Waals surface area contributed by atoms with E-state index in [1.54, 1.807) is 25.1 Å². The standard InChI is InChI=1S/C13H12N4O3/c1-8-15-16-11(20-8)6-17-7-14-9-4-3-5-10(19-2)12(9)13(17)18/h3-5,7H,6H2,1-2H3. The van der Waals surface area contributed by atoms with Gasteiger partial charge in [0.25, 0.3) is 5.56 Å². The number of methoxy groups -OCH3 is 1. The highest BCUT2D eigenvalue weighted by Gasteiger charge is 2.11. The lowest BCUT2D eigenvalue weighted by Crippen LogP contribution is -2.21. The monoisotopic (exact) mass is 272 g/mol. The lowest BCUT2D eigenvalue weighted by atomic mass is 10.2. The highest BCUT2D eigenvalue weighted by molar-refractivity contribution is 5.83. The van der Waals surface area contributed by atoms with Crippen LogP contribution < -0.4 is 10.3 Å². The molecule has 3 rings (SSSR count). The van der Waals surface area contributed by atoms with E-state index in [2.05, 4.69) is 15.2 Å². The molecule has 0 aliphatic rings. The molecule has 7 nitrogen and oxygen atoms in total. The minimum Gasteiger partial charge on any atom is -0.496 e. The third-order valence-electron chi connectivity index (χ3n) is 2.91. The number of fused-ring (bicyclic) bond motifs is 1. The van der Waals surface area contributed by atoms with Crippen LogP contribution in [0.5, 0.6) is 5.75 Å². The predicted molar refractivity (Wildman–Crippen MR) is 70.7 cm³/mol. The molecule has 7 heteroatoms. The Morgan fingerprint density at radius 1 is 1.35 bits per heavy atom. The predicted octanol–water partition coefficient (Wildman–Crippen LogP) is 1.14. The third kappa shape index (κ3) is 2.03. The van der Waals surface area contributed by atoms with E-state index in [9.17, 15) is 4.79 Å². The zero-order valence-corrected chi connectivity index (χ0v) is 11.0. The van der Waals surface area contributed by atoms with Crippen LogP contribution in [0, 0.1) is 6.92 Å². The van der Waals surface area contributed by atoms with Gasteiger partial charge in [-0.3, -0.25) is 9.36 Å². The number of aryl methyl sites for hydroxylation is 1. The number of aromatic nitrogens is 4. The van der Waals surface area contributed by atoms with Crippen LogP contribution in [-0.2, 0) is 6.54 Å². The molecule has 2 heterocycles. The first-order valence-corrected chi connectivity index (χ1v) is 6.00. The topological polar surface area (TPSA) is 83.0 Å². The van der Waals surface area contributed by atoms with Gasteiger partial charge in [0.2, 0.25) is 11.8 Å². The Labute approximate surface area is 113 Å². The number of hydrogen-bond acceptors (Lipinski definition) is 6. The van der Waals surface area contributed by atoms with Crippen LogP contribution in [0.1, 0.15) is 11.8 Å². The third-order valence-corrected chi connectivity index (χ3v) is 2.91. The van der Waals surface area contributed by atoms with Crippen LogP contribution in [-0.4, -0.2) is 26.9 Å². The molecule has 0 fully saturated rings. The summed E-state index contributed by atoms with van der Waals surface area (Å²) in [5.41, 5.74) is 0.385. The van der Waals surface area contributed by atoms with E-state index in [1.807, 2.05) is 0 Å². The van der Waals surface area contributed by atoms with Gasteiger partial charge >= 0.3 is 0 Å². The molecular formula is C13H12N4O3. The number of benzene rings is 1. The van der Waals surface area contributed by atoms with Gasteiger partial charge in [0, 0.05) is 6.92 Å². The molecular weight excluding hydrogens is 260 g/mol. The van der Waals surface area contributed by atoms with Crippen molar-refractivity contribution in [3.63, 3.8) is 0 Å². The van der Waals surface area contributed by atoms with Crippen LogP contribution in [0.4, 0.5) is 0 Å². The van der Waals surface area contributed by atoms with Crippen LogP contribution in [0.2, 0.25) is 0 Å². The second-order valence-corrected chi connectivity index (χ2v) is 4.25. The molecule has 0 aliphatic heterocycles. The van der Waals surface area contributed by atoms with Crippen LogP contribution in [0.3, 0.4) is 0 Å². The summed E-state index contributed by atoms with van der Waals surface area (Å²) in [7, 11) is 1.52. The molecule has 20 heavy (non-hydrogen) atoms. The first-order chi connectivity index (χ1) is 9.69. The number of nitrogens with zero attached hydrogens (tertiary/aromatic N) is 4. The van der Waals surface area contributed by atoms with E-state index in [1.165, 1.54) is 18.0 Å². The maximum atomic E-state index is 12.5. The van der Waals surface area contributed by atoms with Gasteiger partial charge in [-0.25, -0.2) is 4.98 Å². The molecule has 0 N–H and O–H groups in total. The summed E-state index contributed by atoms with van der Waals surface area (Å²) < 4.78 is 11.9. The molecule has 102 valence electrons. The molecule has 3 aromatic rings. The molecule has 0 unspecified atom stereocenters. The molecule has 0 bridgehead atoms. The van der Waals surface area contributed by atoms with Crippen molar-refractivity contribution in [3.8, 4) is 5.75 Å². The Kier molecular flexibility index (Phi) is 2.94. The van der Waals surface area contributed by atoms with E-state index in [4.69, 9.17) is 9.15 Å². The summed E-state index contributed by atoms with van der Waals surface area (Å²) in [6, 6.07) is 5.28. The molecule has 1 aromatic carbocycles. The Balaban J connectivity index is 2.13. The average Bonchev–Trinajstić information content (AvgIpc) is 2.86. The highest BCUT2D eigenvalue weighted by Crippen LogP contribution is 2.19. The van der Waals surface area contributed by atoms with Crippen molar-refractivity contribution in [3.05, 3.63) is 46.7 Å². The first-order valence-electron chi connectivity index (χ1n) is 6.00. The molecule has 2 aromatic heterocycles. The Morgan fingerprint density at radius 2 is 2.20 bits per heavy atom. The van der Waals surface area contributed by atoms with Gasteiger partial charge in [-0.05, 0) is 12.1 Å². The van der Waals surface area contributed by atoms with Gasteiger partial charge in [-0.1, -0.05) is 6.07 Å². The lowest BCUT2D eigenvalue weighted by molar-refractivity contribution is 0.418. The van der Waals surface area contributed by atoms with Crippen molar-refractivity contribution in [1.82, 2.24) is 19.7 Å². The van der Waals surface area contributed by atoms with Gasteiger partial charge in [0.15, 0.2) is 0 Å². The Hall–Kier alpha value is -2.70. The maximum absolute atomic E-state index is 12.5. The van der Waals surface area contributed by atoms with Crippen LogP contribution in [0.25, 0.3) is 10.9 Å². The SMILES string of the molecule is COc1cccc2ncn(Cc3nnc(C)o3)c(=O)c12. The van der Waals surface area contributed by atoms with E-state index < -0.39 is 0 Å². The van der Waals surface area contributed by atoms with E-state index in [0.29, 0.717) is 28.4 Å². The molecule has 0 aliphatic carbocycles. The largest absolute Gasteiger partial charge is 0.496 e. The quantitative estimate of drug-likeness (QED) is 0.711. The van der Waals surface area contributed by atoms with Crippen molar-refractivity contribution < 1.29 is 9.15 Å². The second-order valence-electron chi connectivity index (χ2n) is 4.25. The molecule has 0 atom stereocenters. The summed E-state index contributed by atoms with van der Waals surface area (Å²) in [5.74, 6) is 1.32. The van der Waals surface area contributed by atoms with Gasteiger partial charge in [-0.2, -0.15) is 0 Å². The second kappa shape index (κ2) is 4.76. The molecule has 0 saturated heterocycles. The van der Waals surface area contributed by atoms with Gasteiger partial charge in [-0.15, -0.1) is 10.2 Å². The molecule has 0 saturated carbocycles. The summed E-state index contributed by atoms with van der Waals surface area (Å²) >= 11 is 0. The average molecular weight is 272 g/mol. The number of ether oxygens (including phenoxy) is 1. The lowest BCUT2D eigenvalue weighted by Gasteiger charge is -2.07. The fourth-order valence-electron chi connectivity index (χ4n) is 2.00. The fourth-order valence-corrected chi connectivity index (χ4v) is 2.00. The zero-order valence-electron chi connectivity index (χ0n) is 11.0. The van der Waals surface area contributed by atoms with Crippen LogP contribution >= 0.6 is 0 Å². The van der Waals surface area contributed by atoms with Gasteiger partial charge in [0.05, 0.1) is 19.0 Å². The molecule has 0 amide bonds. The van der Waals surface area contributed by atoms with Crippen molar-refractivity contribution >= 4 is 10.9 Å². The summed E-state index contributed by atoms with van der Waals surface area (Å²) in [4.78, 5) is 16.7. The summed E-state index contributed by atoms with van der Waals surface area (Å²) in [5, 5.41) is 8.04. The van der Waals surface area contributed by atoms with E-state index >= 15 is 0 Å². The maximum Gasteiger partial charge on any atom is 0.265 e. The Morgan fingerprint density at radius 3 is 2.90 bits per heavy atom. The fraction of sp³-hybridized carbons (Fsp3) is 0.231. The van der Waals surface area contributed by atoms with Crippen molar-refractivity contribution in [2.45, 2.75) is 13.5 Å². The zero-order chi connectivity index (χ0) is 14.1. The van der Waals surface area contributed by atoms with Gasteiger partial charge in [0.1, 0.15) is 17.7 Å². The summed E-state index contributed by atoms with van der Waals surface area (Å²) in [6.07, 6.45) is 1.46. The number of rotatable bonds is 3. The first kappa shape index (κ1) is 12.3. The van der Waals surface area contributed by atoms with E-state index in [0.717, 1.165) is 0 Å². The van der Waals surface area contributed by atoms with E-state index in [-0.39, 0.29) is 12.1 Å². The minimum atomic E-state index is -0.205. The highest BCUT2D eigenvalue weighted by atomic mass is 16.5. The minimum absolute atomic E-state index is 0.181. The van der Waals surface area contributed by atoms with Crippen LogP contribution in [0.15, 0.2) is 33.7 Å². The van der Waals surface area contributed by atoms with Crippen molar-refractivity contribution in [2.24, 2.45) is 0 Å². The normalized spacial score (nSPS) is 10.9. The van der Waals surface area contributed by atoms with Crippen molar-refractivity contribution in [2.75, 3.05) is 7.11 Å². The number of hydrogen-bond donors (Lipinski definition) is 0. The molecule has 0 spiro atoms. The molecule has 0 radical (unpaired) electrons. The van der Waals surface area contributed by atoms with Gasteiger partial charge < -0.3 is 9.15 Å².